The zero-order valence-electron chi connectivity index (χ0n) is 9.67. The van der Waals surface area contributed by atoms with Crippen molar-refractivity contribution in [1.82, 2.24) is 20.3 Å². The molecule has 0 fully saturated rings. The number of rotatable bonds is 7. The lowest BCUT2D eigenvalue weighted by atomic mass is 10.4. The molecule has 0 aliphatic carbocycles. The van der Waals surface area contributed by atoms with Gasteiger partial charge in [0.25, 0.3) is 0 Å². The molecule has 8 nitrogen and oxygen atoms in total. The minimum atomic E-state index is -0.631. The smallest absolute Gasteiger partial charge is 0.234 e. The van der Waals surface area contributed by atoms with Gasteiger partial charge in [0.15, 0.2) is 0 Å². The van der Waals surface area contributed by atoms with E-state index in [0.717, 1.165) is 0 Å². The topological polar surface area (TPSA) is 115 Å². The second kappa shape index (κ2) is 6.94. The first-order chi connectivity index (χ1) is 8.15. The van der Waals surface area contributed by atoms with Gasteiger partial charge in [-0.3, -0.25) is 4.79 Å². The highest BCUT2D eigenvalue weighted by Gasteiger charge is 2.07. The number of carbonyl (C=O) groups is 1. The summed E-state index contributed by atoms with van der Waals surface area (Å²) in [6, 6.07) is 0. The molecule has 4 N–H and O–H groups in total. The molecular formula is C9H17N5O3. The lowest BCUT2D eigenvalue weighted by Crippen LogP contribution is -2.29. The minimum absolute atomic E-state index is 0.0549. The Bertz CT molecular complexity index is 354. The molecule has 1 heterocycles. The molecule has 0 saturated carbocycles. The molecule has 1 aromatic heterocycles. The molecule has 0 aromatic carbocycles. The highest BCUT2D eigenvalue weighted by Crippen LogP contribution is 1.95. The Morgan fingerprint density at radius 2 is 2.53 bits per heavy atom. The molecule has 1 unspecified atom stereocenters. The molecule has 0 spiro atoms. The number of nitrogens with zero attached hydrogens (tertiary/aromatic N) is 3. The van der Waals surface area contributed by atoms with Gasteiger partial charge in [-0.25, -0.2) is 4.68 Å². The van der Waals surface area contributed by atoms with Crippen LogP contribution in [0.2, 0.25) is 0 Å². The van der Waals surface area contributed by atoms with Crippen molar-refractivity contribution in [3.8, 4) is 0 Å². The van der Waals surface area contributed by atoms with Crippen LogP contribution < -0.4 is 11.1 Å². The maximum Gasteiger partial charge on any atom is 0.234 e. The summed E-state index contributed by atoms with van der Waals surface area (Å²) in [6.45, 7) is 0.752. The van der Waals surface area contributed by atoms with E-state index >= 15 is 0 Å². The van der Waals surface area contributed by atoms with Crippen molar-refractivity contribution in [1.29, 1.82) is 0 Å². The van der Waals surface area contributed by atoms with Crippen LogP contribution in [0, 0.1) is 0 Å². The van der Waals surface area contributed by atoms with Crippen LogP contribution in [0.3, 0.4) is 0 Å². The Kier molecular flexibility index (Phi) is 5.53. The Morgan fingerprint density at radius 3 is 3.18 bits per heavy atom. The Balaban J connectivity index is 2.39. The summed E-state index contributed by atoms with van der Waals surface area (Å²) < 4.78 is 6.29. The van der Waals surface area contributed by atoms with Gasteiger partial charge in [-0.2, -0.15) is 0 Å². The normalized spacial score (nSPS) is 12.4. The number of hydrogen-bond acceptors (Lipinski definition) is 6. The van der Waals surface area contributed by atoms with E-state index < -0.39 is 6.10 Å². The minimum Gasteiger partial charge on any atom is -0.389 e. The molecule has 0 aliphatic heterocycles. The van der Waals surface area contributed by atoms with Gasteiger partial charge in [0.05, 0.1) is 38.5 Å². The van der Waals surface area contributed by atoms with Crippen LogP contribution in [0.4, 0.5) is 0 Å². The number of ether oxygens (including phenoxy) is 1. The number of nitrogens with one attached hydrogen (secondary N) is 1. The summed E-state index contributed by atoms with van der Waals surface area (Å²) >= 11 is 0. The molecule has 8 heteroatoms. The van der Waals surface area contributed by atoms with E-state index in [2.05, 4.69) is 15.6 Å². The van der Waals surface area contributed by atoms with Crippen molar-refractivity contribution in [2.75, 3.05) is 20.3 Å². The summed E-state index contributed by atoms with van der Waals surface area (Å²) in [5.74, 6) is -0.251. The SMILES string of the molecule is COCC(O)Cn1cc(CNC(=O)CN)nn1. The van der Waals surface area contributed by atoms with E-state index in [0.29, 0.717) is 12.2 Å². The maximum absolute atomic E-state index is 10.9. The number of aliphatic hydroxyl groups is 1. The van der Waals surface area contributed by atoms with Gasteiger partial charge in [0.2, 0.25) is 5.91 Å². The maximum atomic E-state index is 10.9. The second-order valence-electron chi connectivity index (χ2n) is 3.52. The molecule has 96 valence electrons. The first-order valence-corrected chi connectivity index (χ1v) is 5.18. The van der Waals surface area contributed by atoms with Crippen molar-refractivity contribution < 1.29 is 14.6 Å². The molecule has 17 heavy (non-hydrogen) atoms. The van der Waals surface area contributed by atoms with Crippen molar-refractivity contribution in [3.05, 3.63) is 11.9 Å². The van der Waals surface area contributed by atoms with Gasteiger partial charge in [-0.1, -0.05) is 5.21 Å². The zero-order chi connectivity index (χ0) is 12.7. The number of methoxy groups -OCH3 is 1. The third-order valence-electron chi connectivity index (χ3n) is 2.00. The number of carbonyl (C=O) groups excluding carboxylic acids is 1. The van der Waals surface area contributed by atoms with E-state index in [4.69, 9.17) is 10.5 Å². The van der Waals surface area contributed by atoms with Gasteiger partial charge < -0.3 is 20.9 Å². The summed E-state index contributed by atoms with van der Waals surface area (Å²) in [4.78, 5) is 10.9. The number of aliphatic hydroxyl groups excluding tert-OH is 1. The number of hydrogen-bond donors (Lipinski definition) is 3. The molecule has 1 rings (SSSR count). The summed E-state index contributed by atoms with van der Waals surface area (Å²) in [5, 5.41) is 19.7. The van der Waals surface area contributed by atoms with E-state index in [1.54, 1.807) is 6.20 Å². The predicted octanol–water partition coefficient (Wildman–Crippen LogP) is -2.14. The molecule has 0 saturated heterocycles. The van der Waals surface area contributed by atoms with E-state index in [9.17, 15) is 9.90 Å². The molecule has 1 aromatic rings. The lowest BCUT2D eigenvalue weighted by Gasteiger charge is -2.07. The Hall–Kier alpha value is -1.51. The van der Waals surface area contributed by atoms with Crippen molar-refractivity contribution in [2.45, 2.75) is 19.2 Å². The average molecular weight is 243 g/mol. The summed E-state index contributed by atoms with van der Waals surface area (Å²) in [6.07, 6.45) is 1.02. The van der Waals surface area contributed by atoms with Crippen LogP contribution in [0.25, 0.3) is 0 Å². The monoisotopic (exact) mass is 243 g/mol. The quantitative estimate of drug-likeness (QED) is 0.503. The molecule has 0 aliphatic rings. The van der Waals surface area contributed by atoms with Crippen LogP contribution in [-0.2, 0) is 22.6 Å². The van der Waals surface area contributed by atoms with Crippen LogP contribution >= 0.6 is 0 Å². The van der Waals surface area contributed by atoms with Crippen molar-refractivity contribution in [3.63, 3.8) is 0 Å². The highest BCUT2D eigenvalue weighted by atomic mass is 16.5. The fourth-order valence-electron chi connectivity index (χ4n) is 1.23. The molecule has 0 bridgehead atoms. The van der Waals surface area contributed by atoms with Crippen LogP contribution in [0.5, 0.6) is 0 Å². The van der Waals surface area contributed by atoms with Gasteiger partial charge in [0, 0.05) is 7.11 Å². The fourth-order valence-corrected chi connectivity index (χ4v) is 1.23. The molecular weight excluding hydrogens is 226 g/mol. The standard InChI is InChI=1S/C9H17N5O3/c1-17-6-8(15)5-14-4-7(12-13-14)3-11-9(16)2-10/h4,8,15H,2-3,5-6,10H2,1H3,(H,11,16). The van der Waals surface area contributed by atoms with Crippen LogP contribution in [0.1, 0.15) is 5.69 Å². The van der Waals surface area contributed by atoms with E-state index in [1.807, 2.05) is 0 Å². The molecule has 1 atom stereocenters. The highest BCUT2D eigenvalue weighted by molar-refractivity contribution is 5.77. The third-order valence-corrected chi connectivity index (χ3v) is 2.00. The first kappa shape index (κ1) is 13.6. The van der Waals surface area contributed by atoms with E-state index in [-0.39, 0.29) is 25.6 Å². The third kappa shape index (κ3) is 4.89. The lowest BCUT2D eigenvalue weighted by molar-refractivity contribution is -0.119. The molecule has 1 amide bonds. The number of aromatic nitrogens is 3. The predicted molar refractivity (Wildman–Crippen MR) is 58.8 cm³/mol. The second-order valence-corrected chi connectivity index (χ2v) is 3.52. The van der Waals surface area contributed by atoms with Gasteiger partial charge in [-0.15, -0.1) is 5.10 Å². The van der Waals surface area contributed by atoms with Crippen LogP contribution in [-0.4, -0.2) is 52.4 Å². The van der Waals surface area contributed by atoms with Crippen LogP contribution in [0.15, 0.2) is 6.20 Å². The van der Waals surface area contributed by atoms with Crippen molar-refractivity contribution >= 4 is 5.91 Å². The summed E-state index contributed by atoms with van der Waals surface area (Å²) in [5.41, 5.74) is 5.75. The van der Waals surface area contributed by atoms with Gasteiger partial charge in [0.1, 0.15) is 5.69 Å². The summed E-state index contributed by atoms with van der Waals surface area (Å²) in [7, 11) is 1.51. The largest absolute Gasteiger partial charge is 0.389 e. The average Bonchev–Trinajstić information content (AvgIpc) is 2.74. The van der Waals surface area contributed by atoms with Gasteiger partial charge >= 0.3 is 0 Å². The molecule has 0 radical (unpaired) electrons. The number of nitrogens with two attached hydrogens (primary N) is 1. The van der Waals surface area contributed by atoms with Gasteiger partial charge in [-0.05, 0) is 0 Å². The number of amides is 1. The Labute approximate surface area is 98.7 Å². The zero-order valence-corrected chi connectivity index (χ0v) is 9.67. The Morgan fingerprint density at radius 1 is 1.76 bits per heavy atom. The fraction of sp³-hybridized carbons (Fsp3) is 0.667. The first-order valence-electron chi connectivity index (χ1n) is 5.18. The van der Waals surface area contributed by atoms with Crippen molar-refractivity contribution in [2.24, 2.45) is 5.73 Å². The van der Waals surface area contributed by atoms with E-state index in [1.165, 1.54) is 11.8 Å².